The second kappa shape index (κ2) is 9.41. The quantitative estimate of drug-likeness (QED) is 0.311. The molecule has 170 valence electrons. The molecule has 0 atom stereocenters. The summed E-state index contributed by atoms with van der Waals surface area (Å²) in [4.78, 5) is 35.9. The smallest absolute Gasteiger partial charge is 0.338 e. The number of hydrogen-bond donors (Lipinski definition) is 1. The Labute approximate surface area is 195 Å². The molecule has 0 radical (unpaired) electrons. The number of benzene rings is 2. The molecule has 1 aromatic heterocycles. The zero-order valence-electron chi connectivity index (χ0n) is 18.2. The number of esters is 1. The lowest BCUT2D eigenvalue weighted by atomic mass is 10.1. The van der Waals surface area contributed by atoms with Gasteiger partial charge < -0.3 is 14.3 Å². The number of amides is 1. The highest BCUT2D eigenvalue weighted by molar-refractivity contribution is 6.32. The summed E-state index contributed by atoms with van der Waals surface area (Å²) < 4.78 is 10.9. The van der Waals surface area contributed by atoms with Gasteiger partial charge in [-0.05, 0) is 61.5 Å². The van der Waals surface area contributed by atoms with Gasteiger partial charge in [-0.15, -0.1) is 0 Å². The molecule has 0 fully saturated rings. The summed E-state index contributed by atoms with van der Waals surface area (Å²) in [6.07, 6.45) is 3.11. The molecule has 2 heterocycles. The monoisotopic (exact) mass is 456 g/mol. The molecule has 0 unspecified atom stereocenters. The molecule has 3 aromatic rings. The molecular weight excluding hydrogens is 436 g/mol. The van der Waals surface area contributed by atoms with Crippen molar-refractivity contribution in [2.45, 2.75) is 6.92 Å². The number of aromatic carboxylic acids is 1. The average molecular weight is 456 g/mol. The van der Waals surface area contributed by atoms with Crippen LogP contribution in [0.5, 0.6) is 0 Å². The third kappa shape index (κ3) is 4.56. The molecule has 2 aromatic carbocycles. The second-order valence-corrected chi connectivity index (χ2v) is 7.38. The predicted octanol–water partition coefficient (Wildman–Crippen LogP) is 4.79. The molecule has 0 saturated carbocycles. The van der Waals surface area contributed by atoms with Crippen LogP contribution < -0.4 is 5.01 Å². The van der Waals surface area contributed by atoms with E-state index in [0.29, 0.717) is 34.1 Å². The summed E-state index contributed by atoms with van der Waals surface area (Å²) in [5.41, 5.74) is 2.63. The van der Waals surface area contributed by atoms with Crippen molar-refractivity contribution in [3.05, 3.63) is 95.8 Å². The van der Waals surface area contributed by atoms with Crippen molar-refractivity contribution in [1.29, 1.82) is 0 Å². The van der Waals surface area contributed by atoms with E-state index in [2.05, 4.69) is 11.7 Å². The number of carboxylic acids is 1. The lowest BCUT2D eigenvalue weighted by molar-refractivity contribution is -0.114. The molecule has 8 heteroatoms. The molecule has 0 aliphatic carbocycles. The van der Waals surface area contributed by atoms with Crippen molar-refractivity contribution >= 4 is 35.3 Å². The number of carboxylic acid groups (broad SMARTS) is 1. The van der Waals surface area contributed by atoms with E-state index < -0.39 is 11.9 Å². The van der Waals surface area contributed by atoms with Gasteiger partial charge in [0.1, 0.15) is 18.1 Å². The van der Waals surface area contributed by atoms with Crippen LogP contribution >= 0.6 is 0 Å². The first kappa shape index (κ1) is 22.5. The van der Waals surface area contributed by atoms with Crippen LogP contribution in [0.15, 0.2) is 88.4 Å². The third-order valence-corrected chi connectivity index (χ3v) is 5.07. The van der Waals surface area contributed by atoms with E-state index in [9.17, 15) is 14.4 Å². The largest absolute Gasteiger partial charge is 0.478 e. The summed E-state index contributed by atoms with van der Waals surface area (Å²) >= 11 is 0. The number of carbonyl (C=O) groups excluding carboxylic acids is 2. The minimum atomic E-state index is -1.05. The van der Waals surface area contributed by atoms with Crippen LogP contribution in [0, 0.1) is 0 Å². The van der Waals surface area contributed by atoms with Crippen molar-refractivity contribution in [1.82, 2.24) is 0 Å². The van der Waals surface area contributed by atoms with Crippen LogP contribution in [0.2, 0.25) is 0 Å². The summed E-state index contributed by atoms with van der Waals surface area (Å²) in [6.45, 7) is 5.37. The van der Waals surface area contributed by atoms with Crippen LogP contribution in [-0.4, -0.2) is 35.3 Å². The van der Waals surface area contributed by atoms with Crippen molar-refractivity contribution in [3.8, 4) is 11.3 Å². The lowest BCUT2D eigenvalue weighted by Crippen LogP contribution is -2.21. The van der Waals surface area contributed by atoms with Crippen LogP contribution in [0.3, 0.4) is 0 Å². The van der Waals surface area contributed by atoms with E-state index in [1.165, 1.54) is 35.4 Å². The molecule has 1 amide bonds. The first-order chi connectivity index (χ1) is 16.4. The Bertz CT molecular complexity index is 1330. The van der Waals surface area contributed by atoms with Crippen molar-refractivity contribution < 1.29 is 28.6 Å². The number of ether oxygens (including phenoxy) is 1. The summed E-state index contributed by atoms with van der Waals surface area (Å²) in [6, 6.07) is 16.2. The van der Waals surface area contributed by atoms with Crippen LogP contribution in [0.1, 0.15) is 33.4 Å². The molecular formula is C26H20N2O6. The maximum atomic E-state index is 12.9. The maximum absolute atomic E-state index is 12.9. The van der Waals surface area contributed by atoms with Crippen LogP contribution in [0.4, 0.5) is 5.69 Å². The normalized spacial score (nSPS) is 14.3. The van der Waals surface area contributed by atoms with Gasteiger partial charge in [-0.2, -0.15) is 10.1 Å². The number of carbonyl (C=O) groups is 3. The van der Waals surface area contributed by atoms with Gasteiger partial charge in [-0.1, -0.05) is 24.8 Å². The fourth-order valence-corrected chi connectivity index (χ4v) is 3.32. The third-order valence-electron chi connectivity index (χ3n) is 5.07. The Hall–Kier alpha value is -4.72. The van der Waals surface area contributed by atoms with Crippen molar-refractivity contribution in [2.24, 2.45) is 5.10 Å². The molecule has 4 rings (SSSR count). The molecule has 0 spiro atoms. The van der Waals surface area contributed by atoms with Gasteiger partial charge in [0.05, 0.1) is 28.1 Å². The highest BCUT2D eigenvalue weighted by atomic mass is 16.5. The molecule has 1 aliphatic rings. The number of furan rings is 1. The zero-order chi connectivity index (χ0) is 24.2. The van der Waals surface area contributed by atoms with E-state index in [4.69, 9.17) is 14.3 Å². The fraction of sp³-hybridized carbons (Fsp3) is 0.0769. The van der Waals surface area contributed by atoms with Gasteiger partial charge in [-0.25, -0.2) is 9.59 Å². The molecule has 1 aliphatic heterocycles. The van der Waals surface area contributed by atoms with Gasteiger partial charge >= 0.3 is 11.9 Å². The van der Waals surface area contributed by atoms with Gasteiger partial charge in [0.25, 0.3) is 5.91 Å². The Morgan fingerprint density at radius 1 is 1.06 bits per heavy atom. The summed E-state index contributed by atoms with van der Waals surface area (Å²) in [5, 5.41) is 14.6. The molecule has 8 nitrogen and oxygen atoms in total. The SMILES string of the molecule is C=CCOC(=O)c1ccc(-c2ccc(C=C3C(=O)N(c4ccc(C(=O)O)cc4)N=C3C)o2)cc1. The average Bonchev–Trinajstić information content (AvgIpc) is 3.43. The Morgan fingerprint density at radius 2 is 1.74 bits per heavy atom. The highest BCUT2D eigenvalue weighted by Gasteiger charge is 2.29. The minimum Gasteiger partial charge on any atom is -0.478 e. The van der Waals surface area contributed by atoms with Crippen molar-refractivity contribution in [2.75, 3.05) is 11.6 Å². The Morgan fingerprint density at radius 3 is 2.38 bits per heavy atom. The molecule has 0 bridgehead atoms. The second-order valence-electron chi connectivity index (χ2n) is 7.38. The Balaban J connectivity index is 1.51. The van der Waals surface area contributed by atoms with E-state index >= 15 is 0 Å². The minimum absolute atomic E-state index is 0.122. The van der Waals surface area contributed by atoms with Gasteiger partial charge in [0.15, 0.2) is 0 Å². The molecule has 34 heavy (non-hydrogen) atoms. The van der Waals surface area contributed by atoms with E-state index in [-0.39, 0.29) is 18.1 Å². The van der Waals surface area contributed by atoms with E-state index in [1.807, 2.05) is 0 Å². The number of hydrogen-bond acceptors (Lipinski definition) is 6. The molecule has 1 N–H and O–H groups in total. The first-order valence-corrected chi connectivity index (χ1v) is 10.3. The van der Waals surface area contributed by atoms with E-state index in [1.54, 1.807) is 49.4 Å². The van der Waals surface area contributed by atoms with Gasteiger partial charge in [0.2, 0.25) is 0 Å². The summed E-state index contributed by atoms with van der Waals surface area (Å²) in [5.74, 6) is -0.797. The lowest BCUT2D eigenvalue weighted by Gasteiger charge is -2.11. The topological polar surface area (TPSA) is 109 Å². The maximum Gasteiger partial charge on any atom is 0.338 e. The van der Waals surface area contributed by atoms with Crippen molar-refractivity contribution in [3.63, 3.8) is 0 Å². The fourth-order valence-electron chi connectivity index (χ4n) is 3.32. The first-order valence-electron chi connectivity index (χ1n) is 10.3. The predicted molar refractivity (Wildman–Crippen MR) is 127 cm³/mol. The number of nitrogens with zero attached hydrogens (tertiary/aromatic N) is 2. The number of rotatable bonds is 7. The highest BCUT2D eigenvalue weighted by Crippen LogP contribution is 2.28. The van der Waals surface area contributed by atoms with Gasteiger partial charge in [-0.3, -0.25) is 4.79 Å². The standard InChI is InChI=1S/C26H20N2O6/c1-3-14-33-26(32)19-6-4-17(5-7-19)23-13-12-21(34-23)15-22-16(2)27-28(24(22)29)20-10-8-18(9-11-20)25(30)31/h3-13,15H,1,14H2,2H3,(H,30,31). The number of hydrazone groups is 1. The van der Waals surface area contributed by atoms with Crippen LogP contribution in [0.25, 0.3) is 17.4 Å². The summed E-state index contributed by atoms with van der Waals surface area (Å²) in [7, 11) is 0. The molecule has 0 saturated heterocycles. The van der Waals surface area contributed by atoms with Crippen LogP contribution in [-0.2, 0) is 9.53 Å². The van der Waals surface area contributed by atoms with E-state index in [0.717, 1.165) is 5.56 Å². The Kier molecular flexibility index (Phi) is 6.22. The number of anilines is 1. The zero-order valence-corrected chi connectivity index (χ0v) is 18.2. The van der Waals surface area contributed by atoms with Gasteiger partial charge in [0, 0.05) is 5.56 Å².